The molecule has 0 fully saturated rings. The minimum Gasteiger partial charge on any atom is -0.346 e. The van der Waals surface area contributed by atoms with Crippen LogP contribution in [0.3, 0.4) is 0 Å². The fourth-order valence-electron chi connectivity index (χ4n) is 2.53. The van der Waals surface area contributed by atoms with Crippen molar-refractivity contribution in [3.63, 3.8) is 0 Å². The number of para-hydroxylation sites is 1. The van der Waals surface area contributed by atoms with Crippen LogP contribution in [0.25, 0.3) is 22.7 Å². The van der Waals surface area contributed by atoms with E-state index in [1.807, 2.05) is 48.7 Å². The number of nitrogens with one attached hydrogen (secondary N) is 2. The number of benzene rings is 1. The molecule has 4 heteroatoms. The Balaban J connectivity index is 1.90. The van der Waals surface area contributed by atoms with Crippen molar-refractivity contribution >= 4 is 34.3 Å². The van der Waals surface area contributed by atoms with Crippen molar-refractivity contribution in [3.8, 4) is 0 Å². The fraction of sp³-hybridized carbons (Fsp3) is 0. The van der Waals surface area contributed by atoms with Crippen molar-refractivity contribution < 1.29 is 4.79 Å². The average molecular weight is 261 g/mol. The maximum absolute atomic E-state index is 12.1. The molecule has 96 valence electrons. The number of carbonyl (C=O) groups excluding carboxylic acids is 1. The predicted molar refractivity (Wildman–Crippen MR) is 79.0 cm³/mol. The molecule has 0 unspecified atom stereocenters. The standard InChI is InChI=1S/C16H11N3O/c20-16-13(12-4-1-2-6-14(12)19-16)8-10-9-18-15-11(10)5-3-7-17-15/h1-9H,(H,17,18)(H,19,20)/b13-8+. The summed E-state index contributed by atoms with van der Waals surface area (Å²) in [5.41, 5.74) is 4.28. The summed E-state index contributed by atoms with van der Waals surface area (Å²) in [4.78, 5) is 19.5. The van der Waals surface area contributed by atoms with Crippen LogP contribution in [0.2, 0.25) is 0 Å². The Morgan fingerprint density at radius 1 is 1.10 bits per heavy atom. The normalized spacial score (nSPS) is 15.6. The number of hydrogen-bond donors (Lipinski definition) is 2. The monoisotopic (exact) mass is 261 g/mol. The molecule has 20 heavy (non-hydrogen) atoms. The van der Waals surface area contributed by atoms with Crippen LogP contribution in [-0.4, -0.2) is 15.9 Å². The highest BCUT2D eigenvalue weighted by Crippen LogP contribution is 2.33. The highest BCUT2D eigenvalue weighted by molar-refractivity contribution is 6.35. The van der Waals surface area contributed by atoms with Crippen LogP contribution in [0, 0.1) is 0 Å². The summed E-state index contributed by atoms with van der Waals surface area (Å²) in [5, 5.41) is 3.89. The third-order valence-corrected chi connectivity index (χ3v) is 3.49. The first-order chi connectivity index (χ1) is 9.83. The summed E-state index contributed by atoms with van der Waals surface area (Å²) in [6.07, 6.45) is 5.52. The van der Waals surface area contributed by atoms with E-state index in [0.717, 1.165) is 27.8 Å². The summed E-state index contributed by atoms with van der Waals surface area (Å²) >= 11 is 0. The molecule has 1 amide bonds. The van der Waals surface area contributed by atoms with Gasteiger partial charge in [-0.05, 0) is 24.3 Å². The molecule has 0 saturated carbocycles. The Labute approximate surface area is 115 Å². The Morgan fingerprint density at radius 3 is 2.95 bits per heavy atom. The fourth-order valence-corrected chi connectivity index (χ4v) is 2.53. The number of nitrogens with zero attached hydrogens (tertiary/aromatic N) is 1. The molecule has 0 spiro atoms. The van der Waals surface area contributed by atoms with Crippen molar-refractivity contribution in [2.45, 2.75) is 0 Å². The Kier molecular flexibility index (Phi) is 2.23. The van der Waals surface area contributed by atoms with Crippen LogP contribution < -0.4 is 5.32 Å². The van der Waals surface area contributed by atoms with Gasteiger partial charge in [0.05, 0.1) is 0 Å². The first-order valence-electron chi connectivity index (χ1n) is 6.37. The minimum absolute atomic E-state index is 0.0653. The van der Waals surface area contributed by atoms with Gasteiger partial charge in [0, 0.05) is 40.2 Å². The molecular weight excluding hydrogens is 250 g/mol. The maximum Gasteiger partial charge on any atom is 0.256 e. The van der Waals surface area contributed by atoms with E-state index in [0.29, 0.717) is 5.57 Å². The molecule has 1 aliphatic rings. The SMILES string of the molecule is O=C1Nc2ccccc2/C1=C\c1c[nH]c2ncccc12. The number of H-pyrrole nitrogens is 1. The molecule has 0 saturated heterocycles. The highest BCUT2D eigenvalue weighted by atomic mass is 16.2. The first-order valence-corrected chi connectivity index (χ1v) is 6.37. The smallest absolute Gasteiger partial charge is 0.256 e. The van der Waals surface area contributed by atoms with Gasteiger partial charge in [-0.25, -0.2) is 4.98 Å². The molecule has 2 aromatic heterocycles. The lowest BCUT2D eigenvalue weighted by Crippen LogP contribution is -2.03. The molecule has 0 radical (unpaired) electrons. The van der Waals surface area contributed by atoms with Crippen LogP contribution in [-0.2, 0) is 4.79 Å². The van der Waals surface area contributed by atoms with Crippen LogP contribution in [0.1, 0.15) is 11.1 Å². The lowest BCUT2D eigenvalue weighted by Gasteiger charge is -1.97. The van der Waals surface area contributed by atoms with Crippen molar-refractivity contribution in [2.24, 2.45) is 0 Å². The molecule has 4 rings (SSSR count). The van der Waals surface area contributed by atoms with Gasteiger partial charge in [0.25, 0.3) is 5.91 Å². The van der Waals surface area contributed by atoms with Crippen LogP contribution in [0.15, 0.2) is 48.8 Å². The topological polar surface area (TPSA) is 57.8 Å². The quantitative estimate of drug-likeness (QED) is 0.661. The van der Waals surface area contributed by atoms with E-state index in [2.05, 4.69) is 15.3 Å². The van der Waals surface area contributed by atoms with Gasteiger partial charge >= 0.3 is 0 Å². The minimum atomic E-state index is -0.0653. The predicted octanol–water partition coefficient (Wildman–Crippen LogP) is 3.06. The Hall–Kier alpha value is -2.88. The summed E-state index contributed by atoms with van der Waals surface area (Å²) in [7, 11) is 0. The summed E-state index contributed by atoms with van der Waals surface area (Å²) in [6, 6.07) is 11.6. The maximum atomic E-state index is 12.1. The average Bonchev–Trinajstić information content (AvgIpc) is 3.02. The van der Waals surface area contributed by atoms with Gasteiger partial charge in [-0.1, -0.05) is 18.2 Å². The number of carbonyl (C=O) groups is 1. The van der Waals surface area contributed by atoms with Gasteiger partial charge in [0.1, 0.15) is 5.65 Å². The molecule has 3 heterocycles. The molecule has 2 N–H and O–H groups in total. The summed E-state index contributed by atoms with van der Waals surface area (Å²) < 4.78 is 0. The molecule has 0 aliphatic carbocycles. The van der Waals surface area contributed by atoms with Crippen LogP contribution >= 0.6 is 0 Å². The third-order valence-electron chi connectivity index (χ3n) is 3.49. The van der Waals surface area contributed by atoms with Gasteiger partial charge in [-0.15, -0.1) is 0 Å². The number of amides is 1. The summed E-state index contributed by atoms with van der Waals surface area (Å²) in [6.45, 7) is 0. The van der Waals surface area contributed by atoms with Crippen molar-refractivity contribution in [2.75, 3.05) is 5.32 Å². The van der Waals surface area contributed by atoms with Gasteiger partial charge in [-0.2, -0.15) is 0 Å². The lowest BCUT2D eigenvalue weighted by atomic mass is 10.0. The number of rotatable bonds is 1. The van der Waals surface area contributed by atoms with Gasteiger partial charge in [0.15, 0.2) is 0 Å². The van der Waals surface area contributed by atoms with E-state index in [1.54, 1.807) is 6.20 Å². The number of aromatic nitrogens is 2. The second kappa shape index (κ2) is 4.06. The van der Waals surface area contributed by atoms with Crippen LogP contribution in [0.5, 0.6) is 0 Å². The molecule has 4 nitrogen and oxygen atoms in total. The van der Waals surface area contributed by atoms with E-state index in [1.165, 1.54) is 0 Å². The molecule has 3 aromatic rings. The Morgan fingerprint density at radius 2 is 2.00 bits per heavy atom. The van der Waals surface area contributed by atoms with Gasteiger partial charge < -0.3 is 10.3 Å². The van der Waals surface area contributed by atoms with Crippen molar-refractivity contribution in [1.29, 1.82) is 0 Å². The van der Waals surface area contributed by atoms with Gasteiger partial charge in [0.2, 0.25) is 0 Å². The van der Waals surface area contributed by atoms with E-state index >= 15 is 0 Å². The number of fused-ring (bicyclic) bond motifs is 2. The van der Waals surface area contributed by atoms with Gasteiger partial charge in [-0.3, -0.25) is 4.79 Å². The number of hydrogen-bond acceptors (Lipinski definition) is 2. The highest BCUT2D eigenvalue weighted by Gasteiger charge is 2.23. The largest absolute Gasteiger partial charge is 0.346 e. The van der Waals surface area contributed by atoms with E-state index in [4.69, 9.17) is 0 Å². The van der Waals surface area contributed by atoms with Crippen molar-refractivity contribution in [3.05, 3.63) is 59.9 Å². The van der Waals surface area contributed by atoms with E-state index in [9.17, 15) is 4.79 Å². The molecular formula is C16H11N3O. The summed E-state index contributed by atoms with van der Waals surface area (Å²) in [5.74, 6) is -0.0653. The molecule has 0 bridgehead atoms. The molecule has 0 atom stereocenters. The first kappa shape index (κ1) is 11.0. The van der Waals surface area contributed by atoms with E-state index < -0.39 is 0 Å². The Bertz CT molecular complexity index is 861. The lowest BCUT2D eigenvalue weighted by molar-refractivity contribution is -0.110. The van der Waals surface area contributed by atoms with Crippen molar-refractivity contribution in [1.82, 2.24) is 9.97 Å². The zero-order valence-electron chi connectivity index (χ0n) is 10.6. The second-order valence-electron chi connectivity index (χ2n) is 4.70. The zero-order chi connectivity index (χ0) is 13.5. The van der Waals surface area contributed by atoms with Crippen LogP contribution in [0.4, 0.5) is 5.69 Å². The molecule has 1 aliphatic heterocycles. The number of aromatic amines is 1. The second-order valence-corrected chi connectivity index (χ2v) is 4.70. The third kappa shape index (κ3) is 1.55. The number of anilines is 1. The van der Waals surface area contributed by atoms with E-state index in [-0.39, 0.29) is 5.91 Å². The zero-order valence-corrected chi connectivity index (χ0v) is 10.6. The number of pyridine rings is 1. The molecule has 1 aromatic carbocycles.